The number of nitrogens with one attached hydrogen (secondary N) is 2. The minimum absolute atomic E-state index is 0. The summed E-state index contributed by atoms with van der Waals surface area (Å²) in [7, 11) is 1.62. The summed E-state index contributed by atoms with van der Waals surface area (Å²) in [6, 6.07) is 5.94. The number of benzene rings is 1. The van der Waals surface area contributed by atoms with Crippen molar-refractivity contribution in [2.45, 2.75) is 31.3 Å². The molecule has 2 saturated heterocycles. The largest absolute Gasteiger partial charge is 0.368 e. The first-order valence-corrected chi connectivity index (χ1v) is 9.75. The number of carbonyl (C=O) groups is 1. The van der Waals surface area contributed by atoms with Crippen LogP contribution in [0, 0.1) is 0 Å². The number of methoxy groups -OCH3 is 1. The smallest absolute Gasteiger partial charge is 0.256 e. The lowest BCUT2D eigenvalue weighted by Crippen LogP contribution is -2.51. The first-order chi connectivity index (χ1) is 12.2. The maximum absolute atomic E-state index is 12.8. The zero-order valence-electron chi connectivity index (χ0n) is 15.3. The Morgan fingerprint density at radius 2 is 1.96 bits per heavy atom. The van der Waals surface area contributed by atoms with E-state index in [-0.39, 0.29) is 30.7 Å². The monoisotopic (exact) mass is 432 g/mol. The van der Waals surface area contributed by atoms with Gasteiger partial charge in [0.2, 0.25) is 0 Å². The number of thiazole rings is 1. The minimum Gasteiger partial charge on any atom is -0.368 e. The van der Waals surface area contributed by atoms with Crippen LogP contribution in [0.1, 0.15) is 25.7 Å². The Bertz CT molecular complexity index is 774. The summed E-state index contributed by atoms with van der Waals surface area (Å²) in [5, 5.41) is 7.41. The predicted molar refractivity (Wildman–Crippen MR) is 116 cm³/mol. The molecule has 1 amide bonds. The van der Waals surface area contributed by atoms with Gasteiger partial charge < -0.3 is 20.3 Å². The van der Waals surface area contributed by atoms with E-state index >= 15 is 0 Å². The SMILES string of the molecule is COC1(C(=O)Nc2ccc3nc(N4CCCC4)sc3c2)CCNCC1.Cl.Cl. The lowest BCUT2D eigenvalue weighted by molar-refractivity contribution is -0.140. The topological polar surface area (TPSA) is 66.5 Å². The average molecular weight is 433 g/mol. The number of halogens is 2. The van der Waals surface area contributed by atoms with Gasteiger partial charge in [-0.05, 0) is 57.0 Å². The molecule has 3 heterocycles. The summed E-state index contributed by atoms with van der Waals surface area (Å²) >= 11 is 1.70. The van der Waals surface area contributed by atoms with Gasteiger partial charge in [-0.3, -0.25) is 4.79 Å². The summed E-state index contributed by atoms with van der Waals surface area (Å²) in [5.41, 5.74) is 1.08. The number of rotatable bonds is 4. The van der Waals surface area contributed by atoms with Gasteiger partial charge in [0.05, 0.1) is 10.2 Å². The van der Waals surface area contributed by atoms with Gasteiger partial charge in [-0.15, -0.1) is 24.8 Å². The zero-order valence-corrected chi connectivity index (χ0v) is 17.8. The lowest BCUT2D eigenvalue weighted by atomic mass is 9.91. The van der Waals surface area contributed by atoms with Gasteiger partial charge >= 0.3 is 0 Å². The Kier molecular flexibility index (Phi) is 7.71. The third-order valence-corrected chi connectivity index (χ3v) is 6.31. The molecular weight excluding hydrogens is 407 g/mol. The third kappa shape index (κ3) is 4.49. The fourth-order valence-electron chi connectivity index (χ4n) is 3.63. The quantitative estimate of drug-likeness (QED) is 0.774. The number of carbonyl (C=O) groups excluding carboxylic acids is 1. The van der Waals surface area contributed by atoms with E-state index in [1.54, 1.807) is 18.4 Å². The van der Waals surface area contributed by atoms with Gasteiger partial charge in [-0.1, -0.05) is 11.3 Å². The second-order valence-electron chi connectivity index (χ2n) is 6.78. The molecule has 2 fully saturated rings. The van der Waals surface area contributed by atoms with E-state index in [2.05, 4.69) is 15.5 Å². The molecule has 1 aromatic carbocycles. The van der Waals surface area contributed by atoms with Crippen molar-refractivity contribution in [2.75, 3.05) is 43.5 Å². The van der Waals surface area contributed by atoms with Crippen molar-refractivity contribution >= 4 is 63.1 Å². The number of aromatic nitrogens is 1. The summed E-state index contributed by atoms with van der Waals surface area (Å²) in [5.74, 6) is -0.0554. The fourth-order valence-corrected chi connectivity index (χ4v) is 4.69. The Labute approximate surface area is 175 Å². The number of anilines is 2. The highest BCUT2D eigenvalue weighted by Gasteiger charge is 2.39. The molecule has 1 aromatic heterocycles. The van der Waals surface area contributed by atoms with E-state index in [1.807, 2.05) is 18.2 Å². The van der Waals surface area contributed by atoms with Gasteiger partial charge in [-0.2, -0.15) is 0 Å². The molecule has 0 spiro atoms. The summed E-state index contributed by atoms with van der Waals surface area (Å²) in [6.45, 7) is 3.78. The maximum atomic E-state index is 12.8. The van der Waals surface area contributed by atoms with Crippen LogP contribution in [-0.2, 0) is 9.53 Å². The molecule has 0 saturated carbocycles. The number of amides is 1. The van der Waals surface area contributed by atoms with Crippen molar-refractivity contribution in [2.24, 2.45) is 0 Å². The van der Waals surface area contributed by atoms with Crippen LogP contribution in [0.4, 0.5) is 10.8 Å². The Hall–Kier alpha value is -1.12. The van der Waals surface area contributed by atoms with Crippen molar-refractivity contribution < 1.29 is 9.53 Å². The number of hydrogen-bond donors (Lipinski definition) is 2. The predicted octanol–water partition coefficient (Wildman–Crippen LogP) is 3.45. The Balaban J connectivity index is 0.00000131. The number of fused-ring (bicyclic) bond motifs is 1. The van der Waals surface area contributed by atoms with Crippen LogP contribution in [-0.4, -0.2) is 49.8 Å². The van der Waals surface area contributed by atoms with E-state index in [9.17, 15) is 4.79 Å². The van der Waals surface area contributed by atoms with Crippen LogP contribution in [0.25, 0.3) is 10.2 Å². The van der Waals surface area contributed by atoms with Crippen LogP contribution < -0.4 is 15.5 Å². The standard InChI is InChI=1S/C18H24N4O2S.2ClH/c1-24-18(6-8-19-9-7-18)16(23)20-13-4-5-14-15(12-13)25-17(21-14)22-10-2-3-11-22;;/h4-5,12,19H,2-3,6-11H2,1H3,(H,20,23);2*1H. The first-order valence-electron chi connectivity index (χ1n) is 8.93. The second kappa shape index (κ2) is 9.39. The molecule has 6 nitrogen and oxygen atoms in total. The van der Waals surface area contributed by atoms with Crippen molar-refractivity contribution in [1.29, 1.82) is 0 Å². The molecule has 0 unspecified atom stereocenters. The van der Waals surface area contributed by atoms with Crippen molar-refractivity contribution in [3.63, 3.8) is 0 Å². The Morgan fingerprint density at radius 1 is 1.26 bits per heavy atom. The fraction of sp³-hybridized carbons (Fsp3) is 0.556. The molecule has 27 heavy (non-hydrogen) atoms. The van der Waals surface area contributed by atoms with Crippen LogP contribution >= 0.6 is 36.2 Å². The van der Waals surface area contributed by atoms with Crippen LogP contribution in [0.15, 0.2) is 18.2 Å². The van der Waals surface area contributed by atoms with Crippen molar-refractivity contribution in [3.8, 4) is 0 Å². The molecular formula is C18H26Cl2N4O2S. The second-order valence-corrected chi connectivity index (χ2v) is 7.78. The third-order valence-electron chi connectivity index (χ3n) is 5.23. The number of ether oxygens (including phenoxy) is 1. The Morgan fingerprint density at radius 3 is 2.63 bits per heavy atom. The zero-order chi connectivity index (χ0) is 17.3. The molecule has 2 N–H and O–H groups in total. The summed E-state index contributed by atoms with van der Waals surface area (Å²) in [4.78, 5) is 19.9. The molecule has 9 heteroatoms. The van der Waals surface area contributed by atoms with E-state index in [4.69, 9.17) is 9.72 Å². The maximum Gasteiger partial charge on any atom is 0.256 e. The van der Waals surface area contributed by atoms with Crippen molar-refractivity contribution in [3.05, 3.63) is 18.2 Å². The molecule has 4 rings (SSSR count). The lowest BCUT2D eigenvalue weighted by Gasteiger charge is -2.34. The number of hydrogen-bond acceptors (Lipinski definition) is 6. The molecule has 2 aromatic rings. The van der Waals surface area contributed by atoms with Gasteiger partial charge in [-0.25, -0.2) is 4.98 Å². The van der Waals surface area contributed by atoms with Crippen molar-refractivity contribution in [1.82, 2.24) is 10.3 Å². The highest BCUT2D eigenvalue weighted by Crippen LogP contribution is 2.33. The molecule has 0 radical (unpaired) electrons. The normalized spacial score (nSPS) is 18.6. The van der Waals surface area contributed by atoms with Crippen LogP contribution in [0.5, 0.6) is 0 Å². The molecule has 0 aliphatic carbocycles. The van der Waals surface area contributed by atoms with Gasteiger partial charge in [0.1, 0.15) is 5.60 Å². The number of nitrogens with zero attached hydrogens (tertiary/aromatic N) is 2. The summed E-state index contributed by atoms with van der Waals surface area (Å²) < 4.78 is 6.71. The van der Waals surface area contributed by atoms with Crippen LogP contribution in [0.2, 0.25) is 0 Å². The highest BCUT2D eigenvalue weighted by molar-refractivity contribution is 7.22. The molecule has 150 valence electrons. The first kappa shape index (κ1) is 22.2. The average Bonchev–Trinajstić information content (AvgIpc) is 3.31. The van der Waals surface area contributed by atoms with Gasteiger partial charge in [0.25, 0.3) is 5.91 Å². The molecule has 2 aliphatic rings. The van der Waals surface area contributed by atoms with Crippen LogP contribution in [0.3, 0.4) is 0 Å². The molecule has 0 atom stereocenters. The van der Waals surface area contributed by atoms with E-state index in [0.29, 0.717) is 12.8 Å². The molecule has 0 bridgehead atoms. The highest BCUT2D eigenvalue weighted by atomic mass is 35.5. The summed E-state index contributed by atoms with van der Waals surface area (Å²) in [6.07, 6.45) is 3.87. The van der Waals surface area contributed by atoms with Gasteiger partial charge in [0, 0.05) is 25.9 Å². The van der Waals surface area contributed by atoms with E-state index in [0.717, 1.165) is 47.2 Å². The van der Waals surface area contributed by atoms with Gasteiger partial charge in [0.15, 0.2) is 5.13 Å². The van der Waals surface area contributed by atoms with E-state index < -0.39 is 5.60 Å². The molecule has 2 aliphatic heterocycles. The van der Waals surface area contributed by atoms with E-state index in [1.165, 1.54) is 12.8 Å². The number of piperidine rings is 1. The minimum atomic E-state index is -0.728.